The van der Waals surface area contributed by atoms with Crippen molar-refractivity contribution >= 4 is 22.6 Å². The molecule has 1 fully saturated rings. The third kappa shape index (κ3) is 1.25. The third-order valence-corrected chi connectivity index (χ3v) is 2.21. The quantitative estimate of drug-likeness (QED) is 0.305. The topological polar surface area (TPSA) is 29.3 Å². The van der Waals surface area contributed by atoms with Crippen LogP contribution in [0.5, 0.6) is 0 Å². The van der Waals surface area contributed by atoms with Crippen LogP contribution >= 0.6 is 22.6 Å². The molecule has 1 saturated heterocycles. The molecule has 0 aliphatic carbocycles. The van der Waals surface area contributed by atoms with Crippen molar-refractivity contribution in [2.75, 3.05) is 13.1 Å². The summed E-state index contributed by atoms with van der Waals surface area (Å²) in [6.07, 6.45) is 0. The maximum Gasteiger partial charge on any atom is 0.0316 e. The molecule has 1 heterocycles. The molecular formula is C3H8N2S2. The van der Waals surface area contributed by atoms with E-state index in [0.717, 1.165) is 13.1 Å². The van der Waals surface area contributed by atoms with Gasteiger partial charge in [0.1, 0.15) is 0 Å². The van der Waals surface area contributed by atoms with Crippen LogP contribution in [0.15, 0.2) is 0 Å². The molecule has 0 radical (unpaired) electrons. The zero-order valence-corrected chi connectivity index (χ0v) is 5.58. The van der Waals surface area contributed by atoms with Gasteiger partial charge in [-0.3, -0.25) is 0 Å². The fourth-order valence-corrected chi connectivity index (χ4v) is 1.45. The van der Waals surface area contributed by atoms with Crippen LogP contribution in [0.25, 0.3) is 0 Å². The van der Waals surface area contributed by atoms with E-state index in [0.29, 0.717) is 6.04 Å². The monoisotopic (exact) mass is 136 g/mol. The number of rotatable bonds is 1. The Hall–Kier alpha value is 0.620. The molecule has 4 heteroatoms. The summed E-state index contributed by atoms with van der Waals surface area (Å²) in [4.78, 5) is 0. The number of nitrogens with zero attached hydrogens (tertiary/aromatic N) is 1. The Morgan fingerprint density at radius 3 is 2.43 bits per heavy atom. The molecule has 1 aliphatic rings. The highest BCUT2D eigenvalue weighted by atomic mass is 33.1. The summed E-state index contributed by atoms with van der Waals surface area (Å²) in [6.45, 7) is 1.99. The van der Waals surface area contributed by atoms with E-state index in [4.69, 9.17) is 5.73 Å². The van der Waals surface area contributed by atoms with Gasteiger partial charge in [0.25, 0.3) is 0 Å². The molecule has 0 spiro atoms. The molecule has 0 atom stereocenters. The van der Waals surface area contributed by atoms with E-state index in [1.54, 1.807) is 0 Å². The Kier molecular flexibility index (Phi) is 1.86. The van der Waals surface area contributed by atoms with Crippen LogP contribution in [0.3, 0.4) is 0 Å². The minimum absolute atomic E-state index is 0.402. The smallest absolute Gasteiger partial charge is 0.0316 e. The highest BCUT2D eigenvalue weighted by molar-refractivity contribution is 8.67. The zero-order chi connectivity index (χ0) is 5.28. The average Bonchev–Trinajstić information content (AvgIpc) is 1.58. The van der Waals surface area contributed by atoms with Gasteiger partial charge in [-0.2, -0.15) is 0 Å². The fourth-order valence-electron chi connectivity index (χ4n) is 0.536. The summed E-state index contributed by atoms with van der Waals surface area (Å²) >= 11 is 3.97. The first-order valence-electron chi connectivity index (χ1n) is 2.15. The van der Waals surface area contributed by atoms with Gasteiger partial charge in [-0.15, -0.1) is 0 Å². The zero-order valence-electron chi connectivity index (χ0n) is 3.87. The van der Waals surface area contributed by atoms with Crippen molar-refractivity contribution in [3.63, 3.8) is 0 Å². The molecular weight excluding hydrogens is 128 g/mol. The summed E-state index contributed by atoms with van der Waals surface area (Å²) < 4.78 is 2.10. The van der Waals surface area contributed by atoms with Gasteiger partial charge < -0.3 is 5.73 Å². The average molecular weight is 136 g/mol. The van der Waals surface area contributed by atoms with E-state index in [1.165, 1.54) is 11.0 Å². The first-order valence-corrected chi connectivity index (χ1v) is 3.97. The number of hydrogen-bond acceptors (Lipinski definition) is 4. The molecule has 2 nitrogen and oxygen atoms in total. The highest BCUT2D eigenvalue weighted by Crippen LogP contribution is 2.19. The molecule has 1 aliphatic heterocycles. The normalized spacial score (nSPS) is 24.9. The molecule has 0 bridgehead atoms. The third-order valence-electron chi connectivity index (χ3n) is 0.992. The second-order valence-electron chi connectivity index (χ2n) is 1.69. The van der Waals surface area contributed by atoms with Crippen LogP contribution in [-0.4, -0.2) is 23.4 Å². The summed E-state index contributed by atoms with van der Waals surface area (Å²) in [6, 6.07) is 0.402. The first-order chi connectivity index (χ1) is 3.33. The maximum atomic E-state index is 5.46. The second kappa shape index (κ2) is 2.26. The van der Waals surface area contributed by atoms with Crippen LogP contribution in [0, 0.1) is 0 Å². The molecule has 0 aromatic heterocycles. The van der Waals surface area contributed by atoms with Crippen LogP contribution in [-0.2, 0) is 0 Å². The van der Waals surface area contributed by atoms with E-state index in [2.05, 4.69) is 16.0 Å². The minimum atomic E-state index is 0.402. The van der Waals surface area contributed by atoms with Crippen LogP contribution in [0.4, 0.5) is 0 Å². The van der Waals surface area contributed by atoms with Crippen LogP contribution in [0.1, 0.15) is 0 Å². The summed E-state index contributed by atoms with van der Waals surface area (Å²) in [5.41, 5.74) is 5.46. The summed E-state index contributed by atoms with van der Waals surface area (Å²) in [5, 5.41) is 0. The lowest BCUT2D eigenvalue weighted by Crippen LogP contribution is -2.51. The Morgan fingerprint density at radius 2 is 2.29 bits per heavy atom. The fraction of sp³-hybridized carbons (Fsp3) is 1.00. The first kappa shape index (κ1) is 5.75. The van der Waals surface area contributed by atoms with E-state index in [-0.39, 0.29) is 0 Å². The lowest BCUT2D eigenvalue weighted by atomic mass is 10.2. The van der Waals surface area contributed by atoms with Gasteiger partial charge in [0.15, 0.2) is 0 Å². The van der Waals surface area contributed by atoms with Gasteiger partial charge in [-0.1, -0.05) is 11.7 Å². The van der Waals surface area contributed by atoms with Crippen LogP contribution < -0.4 is 5.73 Å². The Morgan fingerprint density at radius 1 is 1.71 bits per heavy atom. The van der Waals surface area contributed by atoms with Gasteiger partial charge >= 0.3 is 0 Å². The molecule has 2 N–H and O–H groups in total. The number of nitrogens with two attached hydrogens (primary N) is 1. The molecule has 1 rings (SSSR count). The van der Waals surface area contributed by atoms with Crippen molar-refractivity contribution in [2.45, 2.75) is 6.04 Å². The molecule has 7 heavy (non-hydrogen) atoms. The predicted molar refractivity (Wildman–Crippen MR) is 36.1 cm³/mol. The Labute approximate surface area is 52.4 Å². The van der Waals surface area contributed by atoms with Gasteiger partial charge in [-0.25, -0.2) is 4.31 Å². The standard InChI is InChI=1S/C3H8N2S2/c4-3-1-5(2-3)7-6/h3,6H,1-2,4H2. The lowest BCUT2D eigenvalue weighted by molar-refractivity contribution is 0.295. The van der Waals surface area contributed by atoms with Crippen molar-refractivity contribution < 1.29 is 0 Å². The van der Waals surface area contributed by atoms with E-state index in [9.17, 15) is 0 Å². The van der Waals surface area contributed by atoms with E-state index >= 15 is 0 Å². The molecule has 42 valence electrons. The minimum Gasteiger partial charge on any atom is -0.325 e. The van der Waals surface area contributed by atoms with Crippen LogP contribution in [0.2, 0.25) is 0 Å². The summed E-state index contributed by atoms with van der Waals surface area (Å²) in [5.74, 6) is 0. The van der Waals surface area contributed by atoms with Gasteiger partial charge in [0.05, 0.1) is 0 Å². The SMILES string of the molecule is NC1CN(SS)C1. The van der Waals surface area contributed by atoms with Gasteiger partial charge in [0, 0.05) is 19.1 Å². The molecule has 0 aromatic carbocycles. The van der Waals surface area contributed by atoms with Crippen molar-refractivity contribution in [3.8, 4) is 0 Å². The van der Waals surface area contributed by atoms with E-state index in [1.807, 2.05) is 0 Å². The van der Waals surface area contributed by atoms with Gasteiger partial charge in [0.2, 0.25) is 0 Å². The molecule has 0 amide bonds. The Bertz CT molecular complexity index is 62.0. The van der Waals surface area contributed by atoms with Crippen molar-refractivity contribution in [1.29, 1.82) is 0 Å². The second-order valence-corrected chi connectivity index (χ2v) is 2.86. The summed E-state index contributed by atoms with van der Waals surface area (Å²) in [7, 11) is 1.46. The van der Waals surface area contributed by atoms with Gasteiger partial charge in [-0.05, 0) is 11.0 Å². The lowest BCUT2D eigenvalue weighted by Gasteiger charge is -2.33. The predicted octanol–water partition coefficient (Wildman–Crippen LogP) is 0.122. The number of thiol groups is 1. The van der Waals surface area contributed by atoms with Crippen molar-refractivity contribution in [3.05, 3.63) is 0 Å². The number of hydrogen-bond donors (Lipinski definition) is 2. The maximum absolute atomic E-state index is 5.46. The molecule has 0 aromatic rings. The molecule has 0 unspecified atom stereocenters. The van der Waals surface area contributed by atoms with Crippen molar-refractivity contribution in [1.82, 2.24) is 4.31 Å². The Balaban J connectivity index is 2.06. The highest BCUT2D eigenvalue weighted by Gasteiger charge is 2.21. The van der Waals surface area contributed by atoms with E-state index < -0.39 is 0 Å². The largest absolute Gasteiger partial charge is 0.325 e. The van der Waals surface area contributed by atoms with Crippen molar-refractivity contribution in [2.24, 2.45) is 5.73 Å². The molecule has 0 saturated carbocycles.